The highest BCUT2D eigenvalue weighted by Crippen LogP contribution is 2.12. The molecule has 0 aliphatic rings. The molecule has 0 saturated carbocycles. The molecule has 0 unspecified atom stereocenters. The first-order chi connectivity index (χ1) is 20.1. The predicted octanol–water partition coefficient (Wildman–Crippen LogP) is 6.44. The molecule has 0 radical (unpaired) electrons. The zero-order valence-electron chi connectivity index (χ0n) is 27.2. The van der Waals surface area contributed by atoms with Gasteiger partial charge in [-0.05, 0) is 44.9 Å². The van der Waals surface area contributed by atoms with Crippen LogP contribution in [0.4, 0.5) is 0 Å². The van der Waals surface area contributed by atoms with Gasteiger partial charge >= 0.3 is 11.9 Å². The number of nitrogens with one attached hydrogen (secondary N) is 2. The number of rotatable bonds is 30. The number of carbonyl (C=O) groups excluding carboxylic acids is 2. The van der Waals surface area contributed by atoms with Gasteiger partial charge in [-0.2, -0.15) is 0 Å². The summed E-state index contributed by atoms with van der Waals surface area (Å²) in [6.07, 6.45) is 21.9. The van der Waals surface area contributed by atoms with Crippen LogP contribution in [0.25, 0.3) is 0 Å². The van der Waals surface area contributed by atoms with Gasteiger partial charge in [-0.3, -0.25) is 9.59 Å². The Kier molecular flexibility index (Phi) is 25.1. The number of likely N-dealkylation sites (N-methyl/N-ethyl adjacent to an activating group) is 1. The van der Waals surface area contributed by atoms with Gasteiger partial charge in [0.2, 0.25) is 11.8 Å². The first kappa shape index (κ1) is 39.8. The second-order valence-corrected chi connectivity index (χ2v) is 12.7. The zero-order chi connectivity index (χ0) is 31.5. The number of hydrogen-bond donors (Lipinski definition) is 4. The Morgan fingerprint density at radius 1 is 0.619 bits per heavy atom. The molecule has 4 N–H and O–H groups in total. The van der Waals surface area contributed by atoms with Crippen molar-refractivity contribution in [2.45, 2.75) is 154 Å². The third-order valence-electron chi connectivity index (χ3n) is 7.86. The molecule has 0 aliphatic carbocycles. The fourth-order valence-corrected chi connectivity index (χ4v) is 5.24. The molecule has 0 aromatic heterocycles. The maximum atomic E-state index is 12.2. The van der Waals surface area contributed by atoms with Gasteiger partial charge in [0.25, 0.3) is 0 Å². The van der Waals surface area contributed by atoms with Crippen LogP contribution in [0.5, 0.6) is 0 Å². The smallest absolute Gasteiger partial charge is 0.359 e. The van der Waals surface area contributed by atoms with Crippen molar-refractivity contribution in [3.8, 4) is 0 Å². The van der Waals surface area contributed by atoms with E-state index in [0.717, 1.165) is 70.8 Å². The molecule has 0 bridgehead atoms. The van der Waals surface area contributed by atoms with Gasteiger partial charge in [0, 0.05) is 19.4 Å². The average Bonchev–Trinajstić information content (AvgIpc) is 2.91. The molecule has 42 heavy (non-hydrogen) atoms. The minimum absolute atomic E-state index is 0.0670. The Morgan fingerprint density at radius 2 is 1.10 bits per heavy atom. The standard InChI is InChI=1S/C33H63N3O6/c1-4-5-6-7-8-9-12-15-18-24-30(37)34-26-21-20-23-29(33(41)42)35-31(38)25-19-16-13-10-11-14-17-22-27-36(2,3)28-32(39)40/h29H,4-28H2,1-3H3,(H3-,34,35,37,38,39,40,41,42)/p+1/t29-/m0/s1. The van der Waals surface area contributed by atoms with Gasteiger partial charge in [-0.15, -0.1) is 0 Å². The molecule has 2 amide bonds. The van der Waals surface area contributed by atoms with Gasteiger partial charge in [-0.25, -0.2) is 9.59 Å². The molecule has 0 aliphatic heterocycles. The van der Waals surface area contributed by atoms with E-state index in [0.29, 0.717) is 43.1 Å². The molecule has 9 heteroatoms. The third kappa shape index (κ3) is 26.7. The Bertz CT molecular complexity index is 729. The van der Waals surface area contributed by atoms with Gasteiger partial charge in [0.05, 0.1) is 20.6 Å². The van der Waals surface area contributed by atoms with Crippen molar-refractivity contribution in [1.82, 2.24) is 10.6 Å². The quantitative estimate of drug-likeness (QED) is 0.0556. The van der Waals surface area contributed by atoms with Crippen LogP contribution in [0.3, 0.4) is 0 Å². The Hall–Kier alpha value is -2.16. The van der Waals surface area contributed by atoms with Gasteiger partial charge in [0.1, 0.15) is 6.04 Å². The zero-order valence-corrected chi connectivity index (χ0v) is 27.2. The largest absolute Gasteiger partial charge is 0.480 e. The van der Waals surface area contributed by atoms with Crippen LogP contribution in [0.2, 0.25) is 0 Å². The number of aliphatic carboxylic acids is 2. The van der Waals surface area contributed by atoms with Crippen molar-refractivity contribution in [1.29, 1.82) is 0 Å². The van der Waals surface area contributed by atoms with Gasteiger partial charge in [0.15, 0.2) is 6.54 Å². The lowest BCUT2D eigenvalue weighted by atomic mass is 10.1. The maximum Gasteiger partial charge on any atom is 0.359 e. The van der Waals surface area contributed by atoms with Crippen LogP contribution < -0.4 is 10.6 Å². The maximum absolute atomic E-state index is 12.2. The third-order valence-corrected chi connectivity index (χ3v) is 7.86. The first-order valence-corrected chi connectivity index (χ1v) is 16.9. The van der Waals surface area contributed by atoms with E-state index < -0.39 is 18.0 Å². The summed E-state index contributed by atoms with van der Waals surface area (Å²) >= 11 is 0. The average molecular weight is 599 g/mol. The normalized spacial score (nSPS) is 12.2. The summed E-state index contributed by atoms with van der Waals surface area (Å²) in [6, 6.07) is -0.880. The summed E-state index contributed by atoms with van der Waals surface area (Å²) in [5.41, 5.74) is 0. The lowest BCUT2D eigenvalue weighted by Crippen LogP contribution is -2.44. The van der Waals surface area contributed by atoms with E-state index in [-0.39, 0.29) is 18.4 Å². The summed E-state index contributed by atoms with van der Waals surface area (Å²) in [7, 11) is 3.90. The van der Waals surface area contributed by atoms with E-state index >= 15 is 0 Å². The Balaban J connectivity index is 3.74. The van der Waals surface area contributed by atoms with Crippen molar-refractivity contribution < 1.29 is 33.9 Å². The minimum atomic E-state index is -1.01. The van der Waals surface area contributed by atoms with Crippen molar-refractivity contribution in [2.75, 3.05) is 33.7 Å². The molecule has 0 aromatic rings. The summed E-state index contributed by atoms with van der Waals surface area (Å²) in [6.45, 7) is 3.79. The van der Waals surface area contributed by atoms with Crippen LogP contribution in [0.15, 0.2) is 0 Å². The SMILES string of the molecule is CCCCCCCCCCCC(=O)NCCCC[C@H](NC(=O)CCCCCCCCCC[N+](C)(C)CC(=O)O)C(=O)O. The van der Waals surface area contributed by atoms with Crippen LogP contribution in [0, 0.1) is 0 Å². The molecule has 0 rings (SSSR count). The summed E-state index contributed by atoms with van der Waals surface area (Å²) in [5.74, 6) is -1.91. The molecular weight excluding hydrogens is 534 g/mol. The summed E-state index contributed by atoms with van der Waals surface area (Å²) in [4.78, 5) is 46.7. The van der Waals surface area contributed by atoms with Crippen LogP contribution >= 0.6 is 0 Å². The second-order valence-electron chi connectivity index (χ2n) is 12.7. The summed E-state index contributed by atoms with van der Waals surface area (Å²) < 4.78 is 0.512. The monoisotopic (exact) mass is 598 g/mol. The van der Waals surface area contributed by atoms with Crippen LogP contribution in [-0.2, 0) is 19.2 Å². The number of amides is 2. The van der Waals surface area contributed by atoms with E-state index in [2.05, 4.69) is 17.6 Å². The highest BCUT2D eigenvalue weighted by atomic mass is 16.4. The van der Waals surface area contributed by atoms with E-state index in [9.17, 15) is 24.3 Å². The number of unbranched alkanes of at least 4 members (excludes halogenated alkanes) is 16. The van der Waals surface area contributed by atoms with E-state index in [1.807, 2.05) is 14.1 Å². The molecule has 0 aromatic carbocycles. The van der Waals surface area contributed by atoms with E-state index in [1.54, 1.807) is 0 Å². The predicted molar refractivity (Wildman–Crippen MR) is 169 cm³/mol. The molecule has 0 spiro atoms. The van der Waals surface area contributed by atoms with Gasteiger partial charge in [-0.1, -0.05) is 90.4 Å². The summed E-state index contributed by atoms with van der Waals surface area (Å²) in [5, 5.41) is 24.0. The number of nitrogens with zero attached hydrogens (tertiary/aromatic N) is 1. The first-order valence-electron chi connectivity index (χ1n) is 16.9. The lowest BCUT2D eigenvalue weighted by Gasteiger charge is -2.27. The molecule has 9 nitrogen and oxygen atoms in total. The lowest BCUT2D eigenvalue weighted by molar-refractivity contribution is -0.883. The number of quaternary nitrogens is 1. The number of carboxylic acids is 2. The molecule has 1 atom stereocenters. The number of hydrogen-bond acceptors (Lipinski definition) is 4. The van der Waals surface area contributed by atoms with Crippen molar-refractivity contribution in [3.05, 3.63) is 0 Å². The van der Waals surface area contributed by atoms with Crippen LogP contribution in [-0.4, -0.2) is 78.2 Å². The van der Waals surface area contributed by atoms with Crippen LogP contribution in [0.1, 0.15) is 148 Å². The minimum Gasteiger partial charge on any atom is -0.480 e. The Morgan fingerprint density at radius 3 is 1.60 bits per heavy atom. The Labute approximate surface area is 256 Å². The molecule has 0 saturated heterocycles. The second kappa shape index (κ2) is 26.5. The molecule has 246 valence electrons. The highest BCUT2D eigenvalue weighted by molar-refractivity contribution is 5.83. The van der Waals surface area contributed by atoms with E-state index in [1.165, 1.54) is 44.9 Å². The molecule has 0 heterocycles. The highest BCUT2D eigenvalue weighted by Gasteiger charge is 2.20. The van der Waals surface area contributed by atoms with Crippen molar-refractivity contribution in [3.63, 3.8) is 0 Å². The number of carboxylic acid groups (broad SMARTS) is 2. The topological polar surface area (TPSA) is 133 Å². The van der Waals surface area contributed by atoms with E-state index in [4.69, 9.17) is 5.11 Å². The van der Waals surface area contributed by atoms with Crippen molar-refractivity contribution >= 4 is 23.8 Å². The molecule has 0 fully saturated rings. The fourth-order valence-electron chi connectivity index (χ4n) is 5.24. The van der Waals surface area contributed by atoms with Crippen molar-refractivity contribution in [2.24, 2.45) is 0 Å². The number of carbonyl (C=O) groups is 4. The van der Waals surface area contributed by atoms with Gasteiger partial charge < -0.3 is 25.3 Å². The fraction of sp³-hybridized carbons (Fsp3) is 0.879. The molecular formula is C33H64N3O6+.